The van der Waals surface area contributed by atoms with Crippen LogP contribution in [0.3, 0.4) is 0 Å². The molecule has 0 aliphatic rings. The number of carbonyl (C=O) groups excluding carboxylic acids is 2. The van der Waals surface area contributed by atoms with Crippen molar-refractivity contribution in [2.24, 2.45) is 0 Å². The Hall–Kier alpha value is -3.03. The van der Waals surface area contributed by atoms with E-state index in [9.17, 15) is 27.9 Å². The van der Waals surface area contributed by atoms with E-state index in [-0.39, 0.29) is 17.0 Å². The first kappa shape index (κ1) is 18.3. The standard InChI is InChI=1S/C17H14F3NO4/c1-10(25-16(24)13-7-2-3-8-14(13)22)15(23)21-12-6-4-5-11(9-12)17(18,19)20/h2-10,22H,1H3,(H,21,23)/t10-/m0/s1. The molecule has 0 unspecified atom stereocenters. The molecule has 0 saturated heterocycles. The lowest BCUT2D eigenvalue weighted by molar-refractivity contribution is -0.137. The van der Waals surface area contributed by atoms with E-state index in [2.05, 4.69) is 5.32 Å². The third-order valence-corrected chi connectivity index (χ3v) is 3.23. The van der Waals surface area contributed by atoms with Crippen LogP contribution in [0.5, 0.6) is 5.75 Å². The molecule has 0 aliphatic heterocycles. The highest BCUT2D eigenvalue weighted by Crippen LogP contribution is 2.30. The summed E-state index contributed by atoms with van der Waals surface area (Å²) in [6.07, 6.45) is -5.81. The summed E-state index contributed by atoms with van der Waals surface area (Å²) in [4.78, 5) is 23.9. The molecular weight excluding hydrogens is 339 g/mol. The van der Waals surface area contributed by atoms with E-state index < -0.39 is 29.7 Å². The van der Waals surface area contributed by atoms with Gasteiger partial charge in [-0.15, -0.1) is 0 Å². The lowest BCUT2D eigenvalue weighted by Gasteiger charge is -2.15. The van der Waals surface area contributed by atoms with E-state index in [4.69, 9.17) is 4.74 Å². The van der Waals surface area contributed by atoms with Crippen LogP contribution in [0.1, 0.15) is 22.8 Å². The van der Waals surface area contributed by atoms with Gasteiger partial charge in [0.05, 0.1) is 5.56 Å². The zero-order valence-electron chi connectivity index (χ0n) is 13.0. The van der Waals surface area contributed by atoms with Gasteiger partial charge < -0.3 is 15.2 Å². The summed E-state index contributed by atoms with van der Waals surface area (Å²) in [5, 5.41) is 11.8. The summed E-state index contributed by atoms with van der Waals surface area (Å²) in [5.41, 5.74) is -1.12. The van der Waals surface area contributed by atoms with Gasteiger partial charge in [-0.2, -0.15) is 13.2 Å². The smallest absolute Gasteiger partial charge is 0.416 e. The molecule has 2 N–H and O–H groups in total. The molecule has 2 aromatic carbocycles. The minimum atomic E-state index is -4.54. The van der Waals surface area contributed by atoms with E-state index in [1.807, 2.05) is 0 Å². The second-order valence-electron chi connectivity index (χ2n) is 5.13. The molecule has 2 aromatic rings. The minimum Gasteiger partial charge on any atom is -0.507 e. The zero-order valence-corrected chi connectivity index (χ0v) is 13.0. The maximum absolute atomic E-state index is 12.7. The van der Waals surface area contributed by atoms with Gasteiger partial charge in [0.25, 0.3) is 5.91 Å². The number of anilines is 1. The molecule has 132 valence electrons. The molecule has 0 aliphatic carbocycles. The summed E-state index contributed by atoms with van der Waals surface area (Å²) < 4.78 is 42.9. The van der Waals surface area contributed by atoms with Crippen molar-refractivity contribution in [1.82, 2.24) is 0 Å². The first-order valence-corrected chi connectivity index (χ1v) is 7.15. The predicted octanol–water partition coefficient (Wildman–Crippen LogP) is 3.60. The molecule has 1 amide bonds. The van der Waals surface area contributed by atoms with Crippen molar-refractivity contribution in [3.05, 3.63) is 59.7 Å². The fourth-order valence-electron chi connectivity index (χ4n) is 1.94. The minimum absolute atomic E-state index is 0.0784. The van der Waals surface area contributed by atoms with Crippen molar-refractivity contribution in [3.8, 4) is 5.75 Å². The SMILES string of the molecule is C[C@H](OC(=O)c1ccccc1O)C(=O)Nc1cccc(C(F)(F)F)c1. The largest absolute Gasteiger partial charge is 0.507 e. The first-order valence-electron chi connectivity index (χ1n) is 7.15. The summed E-state index contributed by atoms with van der Waals surface area (Å²) >= 11 is 0. The lowest BCUT2D eigenvalue weighted by Crippen LogP contribution is -2.30. The Balaban J connectivity index is 2.04. The monoisotopic (exact) mass is 353 g/mol. The molecule has 1 atom stereocenters. The Morgan fingerprint density at radius 1 is 1.12 bits per heavy atom. The molecular formula is C17H14F3NO4. The molecule has 0 heterocycles. The fraction of sp³-hybridized carbons (Fsp3) is 0.176. The van der Waals surface area contributed by atoms with Gasteiger partial charge in [-0.25, -0.2) is 4.79 Å². The van der Waals surface area contributed by atoms with Gasteiger partial charge in [0.1, 0.15) is 11.3 Å². The number of hydrogen-bond donors (Lipinski definition) is 2. The van der Waals surface area contributed by atoms with Gasteiger partial charge in [0.2, 0.25) is 0 Å². The second-order valence-corrected chi connectivity index (χ2v) is 5.13. The van der Waals surface area contributed by atoms with Crippen LogP contribution in [0, 0.1) is 0 Å². The number of benzene rings is 2. The molecule has 0 radical (unpaired) electrons. The van der Waals surface area contributed by atoms with E-state index in [1.165, 1.54) is 37.3 Å². The summed E-state index contributed by atoms with van der Waals surface area (Å²) in [5.74, 6) is -2.04. The Morgan fingerprint density at radius 3 is 2.44 bits per heavy atom. The normalized spacial score (nSPS) is 12.3. The molecule has 25 heavy (non-hydrogen) atoms. The maximum Gasteiger partial charge on any atom is 0.416 e. The van der Waals surface area contributed by atoms with Crippen molar-refractivity contribution in [2.45, 2.75) is 19.2 Å². The van der Waals surface area contributed by atoms with E-state index in [0.29, 0.717) is 0 Å². The molecule has 5 nitrogen and oxygen atoms in total. The quantitative estimate of drug-likeness (QED) is 0.824. The number of phenolic OH excluding ortho intramolecular Hbond substituents is 1. The highest BCUT2D eigenvalue weighted by Gasteiger charge is 2.30. The van der Waals surface area contributed by atoms with Crippen LogP contribution >= 0.6 is 0 Å². The number of alkyl halides is 3. The topological polar surface area (TPSA) is 75.6 Å². The molecule has 2 rings (SSSR count). The Morgan fingerprint density at radius 2 is 1.80 bits per heavy atom. The molecule has 0 saturated carbocycles. The highest BCUT2D eigenvalue weighted by atomic mass is 19.4. The van der Waals surface area contributed by atoms with Gasteiger partial charge in [-0.3, -0.25) is 4.79 Å². The van der Waals surface area contributed by atoms with Gasteiger partial charge in [-0.1, -0.05) is 18.2 Å². The van der Waals surface area contributed by atoms with Crippen molar-refractivity contribution >= 4 is 17.6 Å². The third-order valence-electron chi connectivity index (χ3n) is 3.23. The number of para-hydroxylation sites is 1. The summed E-state index contributed by atoms with van der Waals surface area (Å²) in [7, 11) is 0. The van der Waals surface area contributed by atoms with Crippen molar-refractivity contribution in [2.75, 3.05) is 5.32 Å². The summed E-state index contributed by atoms with van der Waals surface area (Å²) in [6, 6.07) is 9.69. The molecule has 0 aromatic heterocycles. The van der Waals surface area contributed by atoms with Crippen LogP contribution < -0.4 is 5.32 Å². The number of esters is 1. The van der Waals surface area contributed by atoms with Crippen LogP contribution in [0.4, 0.5) is 18.9 Å². The number of ether oxygens (including phenoxy) is 1. The van der Waals surface area contributed by atoms with Gasteiger partial charge in [0.15, 0.2) is 6.10 Å². The van der Waals surface area contributed by atoms with Crippen molar-refractivity contribution < 1.29 is 32.6 Å². The van der Waals surface area contributed by atoms with Crippen LogP contribution in [-0.4, -0.2) is 23.1 Å². The predicted molar refractivity (Wildman–Crippen MR) is 83.1 cm³/mol. The van der Waals surface area contributed by atoms with Crippen molar-refractivity contribution in [1.29, 1.82) is 0 Å². The Labute approximate surface area is 141 Å². The third kappa shape index (κ3) is 4.72. The Bertz CT molecular complexity index is 789. The highest BCUT2D eigenvalue weighted by molar-refractivity contribution is 5.98. The average Bonchev–Trinajstić information content (AvgIpc) is 2.54. The van der Waals surface area contributed by atoms with Crippen LogP contribution in [0.25, 0.3) is 0 Å². The number of rotatable bonds is 4. The van der Waals surface area contributed by atoms with Gasteiger partial charge in [0, 0.05) is 5.69 Å². The molecule has 0 bridgehead atoms. The fourth-order valence-corrected chi connectivity index (χ4v) is 1.94. The van der Waals surface area contributed by atoms with Crippen LogP contribution in [0.15, 0.2) is 48.5 Å². The van der Waals surface area contributed by atoms with Crippen LogP contribution in [-0.2, 0) is 15.7 Å². The number of aromatic hydroxyl groups is 1. The number of carbonyl (C=O) groups is 2. The molecule has 8 heteroatoms. The average molecular weight is 353 g/mol. The van der Waals surface area contributed by atoms with E-state index >= 15 is 0 Å². The second kappa shape index (κ2) is 7.25. The number of phenols is 1. The van der Waals surface area contributed by atoms with Crippen LogP contribution in [0.2, 0.25) is 0 Å². The zero-order chi connectivity index (χ0) is 18.6. The number of hydrogen-bond acceptors (Lipinski definition) is 4. The van der Waals surface area contributed by atoms with E-state index in [1.54, 1.807) is 0 Å². The Kier molecular flexibility index (Phi) is 5.31. The van der Waals surface area contributed by atoms with Gasteiger partial charge in [-0.05, 0) is 37.3 Å². The molecule has 0 fully saturated rings. The van der Waals surface area contributed by atoms with Crippen molar-refractivity contribution in [3.63, 3.8) is 0 Å². The first-order chi connectivity index (χ1) is 11.7. The lowest BCUT2D eigenvalue weighted by atomic mass is 10.2. The van der Waals surface area contributed by atoms with Gasteiger partial charge >= 0.3 is 12.1 Å². The number of amides is 1. The molecule has 0 spiro atoms. The maximum atomic E-state index is 12.7. The number of nitrogens with one attached hydrogen (secondary N) is 1. The van der Waals surface area contributed by atoms with E-state index in [0.717, 1.165) is 18.2 Å². The summed E-state index contributed by atoms with van der Waals surface area (Å²) in [6.45, 7) is 1.26. The number of halogens is 3.